The van der Waals surface area contributed by atoms with Crippen LogP contribution in [0.4, 0.5) is 0 Å². The molecule has 3 N–H and O–H groups in total. The smallest absolute Gasteiger partial charge is 0.237 e. The van der Waals surface area contributed by atoms with Crippen molar-refractivity contribution in [2.45, 2.75) is 58.5 Å². The van der Waals surface area contributed by atoms with Crippen LogP contribution in [0, 0.1) is 0 Å². The average molecular weight is 298 g/mol. The van der Waals surface area contributed by atoms with Crippen molar-refractivity contribution < 1.29 is 4.79 Å². The molecule has 1 amide bonds. The molecular formula is C16H34N4O. The summed E-state index contributed by atoms with van der Waals surface area (Å²) >= 11 is 0. The number of unbranched alkanes of at least 4 members (excludes halogenated alkanes) is 2. The Bertz CT molecular complexity index is 290. The number of rotatable bonds is 9. The minimum atomic E-state index is -0.0154. The van der Waals surface area contributed by atoms with Crippen LogP contribution in [0.1, 0.15) is 46.5 Å². The number of piperazine rings is 1. The van der Waals surface area contributed by atoms with Crippen molar-refractivity contribution in [3.8, 4) is 0 Å². The van der Waals surface area contributed by atoms with Gasteiger partial charge in [0, 0.05) is 32.2 Å². The second kappa shape index (κ2) is 10.1. The third kappa shape index (κ3) is 6.76. The molecule has 0 aromatic rings. The van der Waals surface area contributed by atoms with E-state index >= 15 is 0 Å². The summed E-state index contributed by atoms with van der Waals surface area (Å²) in [6, 6.07) is 0.252. The van der Waals surface area contributed by atoms with Crippen molar-refractivity contribution in [3.63, 3.8) is 0 Å². The molecule has 1 heterocycles. The molecule has 0 bridgehead atoms. The number of nitrogens with zero attached hydrogens (tertiary/aromatic N) is 2. The van der Waals surface area contributed by atoms with E-state index in [4.69, 9.17) is 5.73 Å². The summed E-state index contributed by atoms with van der Waals surface area (Å²) in [6.07, 6.45) is 4.58. The summed E-state index contributed by atoms with van der Waals surface area (Å²) in [5.41, 5.74) is 5.51. The van der Waals surface area contributed by atoms with Gasteiger partial charge in [-0.05, 0) is 46.2 Å². The van der Waals surface area contributed by atoms with Crippen LogP contribution in [-0.4, -0.2) is 67.1 Å². The SMILES string of the molecule is CCC(C)NC(=O)C(C)N1CCN(CCCCCN)CC1. The van der Waals surface area contributed by atoms with Crippen molar-refractivity contribution in [3.05, 3.63) is 0 Å². The van der Waals surface area contributed by atoms with Gasteiger partial charge in [-0.15, -0.1) is 0 Å². The van der Waals surface area contributed by atoms with Crippen LogP contribution in [0.5, 0.6) is 0 Å². The predicted octanol–water partition coefficient (Wildman–Crippen LogP) is 1.04. The lowest BCUT2D eigenvalue weighted by molar-refractivity contribution is -0.127. The third-order valence-corrected chi connectivity index (χ3v) is 4.51. The van der Waals surface area contributed by atoms with Crippen LogP contribution in [-0.2, 0) is 4.79 Å². The molecule has 1 aliphatic rings. The molecule has 0 aromatic heterocycles. The molecule has 0 spiro atoms. The molecule has 5 heteroatoms. The molecular weight excluding hydrogens is 264 g/mol. The molecule has 124 valence electrons. The van der Waals surface area contributed by atoms with Crippen LogP contribution in [0.15, 0.2) is 0 Å². The second-order valence-corrected chi connectivity index (χ2v) is 6.22. The highest BCUT2D eigenvalue weighted by molar-refractivity contribution is 5.81. The maximum absolute atomic E-state index is 12.2. The van der Waals surface area contributed by atoms with Crippen LogP contribution in [0.2, 0.25) is 0 Å². The molecule has 2 unspecified atom stereocenters. The first-order valence-corrected chi connectivity index (χ1v) is 8.55. The second-order valence-electron chi connectivity index (χ2n) is 6.22. The normalized spacial score (nSPS) is 20.2. The quantitative estimate of drug-likeness (QED) is 0.624. The summed E-state index contributed by atoms with van der Waals surface area (Å²) in [5, 5.41) is 3.08. The maximum Gasteiger partial charge on any atom is 0.237 e. The van der Waals surface area contributed by atoms with Gasteiger partial charge in [-0.1, -0.05) is 13.3 Å². The molecule has 1 rings (SSSR count). The van der Waals surface area contributed by atoms with E-state index in [1.165, 1.54) is 19.4 Å². The summed E-state index contributed by atoms with van der Waals surface area (Å²) in [4.78, 5) is 17.0. The zero-order valence-corrected chi connectivity index (χ0v) is 14.1. The average Bonchev–Trinajstić information content (AvgIpc) is 2.51. The minimum Gasteiger partial charge on any atom is -0.352 e. The number of nitrogens with one attached hydrogen (secondary N) is 1. The van der Waals surface area contributed by atoms with Crippen molar-refractivity contribution in [2.75, 3.05) is 39.3 Å². The Morgan fingerprint density at radius 1 is 1.14 bits per heavy atom. The van der Waals surface area contributed by atoms with E-state index in [1.54, 1.807) is 0 Å². The van der Waals surface area contributed by atoms with Crippen LogP contribution in [0.3, 0.4) is 0 Å². The van der Waals surface area contributed by atoms with Gasteiger partial charge < -0.3 is 16.0 Å². The summed E-state index contributed by atoms with van der Waals surface area (Å²) in [7, 11) is 0. The molecule has 1 saturated heterocycles. The minimum absolute atomic E-state index is 0.0154. The first-order chi connectivity index (χ1) is 10.1. The van der Waals surface area contributed by atoms with Gasteiger partial charge in [-0.25, -0.2) is 0 Å². The molecule has 1 fully saturated rings. The fourth-order valence-electron chi connectivity index (χ4n) is 2.66. The van der Waals surface area contributed by atoms with Crippen molar-refractivity contribution >= 4 is 5.91 Å². The van der Waals surface area contributed by atoms with E-state index in [0.29, 0.717) is 0 Å². The standard InChI is InChI=1S/C16H34N4O/c1-4-14(2)18-16(21)15(3)20-12-10-19(11-13-20)9-7-5-6-8-17/h14-15H,4-13,17H2,1-3H3,(H,18,21). The third-order valence-electron chi connectivity index (χ3n) is 4.51. The zero-order chi connectivity index (χ0) is 15.7. The van der Waals surface area contributed by atoms with Crippen LogP contribution < -0.4 is 11.1 Å². The molecule has 2 atom stereocenters. The van der Waals surface area contributed by atoms with Gasteiger partial charge in [0.1, 0.15) is 0 Å². The van der Waals surface area contributed by atoms with Gasteiger partial charge in [-0.2, -0.15) is 0 Å². The maximum atomic E-state index is 12.2. The van der Waals surface area contributed by atoms with E-state index < -0.39 is 0 Å². The van der Waals surface area contributed by atoms with Gasteiger partial charge in [0.05, 0.1) is 6.04 Å². The monoisotopic (exact) mass is 298 g/mol. The van der Waals surface area contributed by atoms with E-state index in [9.17, 15) is 4.79 Å². The number of hydrogen-bond acceptors (Lipinski definition) is 4. The Labute approximate surface area is 130 Å². The summed E-state index contributed by atoms with van der Waals surface area (Å²) in [6.45, 7) is 12.3. The van der Waals surface area contributed by atoms with Crippen molar-refractivity contribution in [1.29, 1.82) is 0 Å². The van der Waals surface area contributed by atoms with Gasteiger partial charge >= 0.3 is 0 Å². The lowest BCUT2D eigenvalue weighted by atomic mass is 10.1. The fraction of sp³-hybridized carbons (Fsp3) is 0.938. The summed E-state index contributed by atoms with van der Waals surface area (Å²) in [5.74, 6) is 0.167. The van der Waals surface area contributed by atoms with Gasteiger partial charge in [0.25, 0.3) is 0 Å². The molecule has 5 nitrogen and oxygen atoms in total. The predicted molar refractivity (Wildman–Crippen MR) is 88.3 cm³/mol. The lowest BCUT2D eigenvalue weighted by Crippen LogP contribution is -2.54. The number of nitrogens with two attached hydrogens (primary N) is 1. The molecule has 0 aliphatic carbocycles. The highest BCUT2D eigenvalue weighted by atomic mass is 16.2. The Kier molecular flexibility index (Phi) is 8.88. The Balaban J connectivity index is 2.23. The van der Waals surface area contributed by atoms with Crippen molar-refractivity contribution in [2.24, 2.45) is 5.73 Å². The van der Waals surface area contributed by atoms with E-state index in [-0.39, 0.29) is 18.0 Å². The first kappa shape index (κ1) is 18.4. The molecule has 0 saturated carbocycles. The van der Waals surface area contributed by atoms with E-state index in [0.717, 1.165) is 45.6 Å². The highest BCUT2D eigenvalue weighted by Gasteiger charge is 2.25. The number of hydrogen-bond donors (Lipinski definition) is 2. The zero-order valence-electron chi connectivity index (χ0n) is 14.1. The molecule has 0 radical (unpaired) electrons. The summed E-state index contributed by atoms with van der Waals surface area (Å²) < 4.78 is 0. The molecule has 0 aromatic carbocycles. The topological polar surface area (TPSA) is 61.6 Å². The molecule has 1 aliphatic heterocycles. The first-order valence-electron chi connectivity index (χ1n) is 8.55. The van der Waals surface area contributed by atoms with E-state index in [1.807, 2.05) is 6.92 Å². The number of carbonyl (C=O) groups excluding carboxylic acids is 1. The van der Waals surface area contributed by atoms with Gasteiger partial charge in [0.15, 0.2) is 0 Å². The number of amides is 1. The number of carbonyl (C=O) groups is 1. The Morgan fingerprint density at radius 2 is 1.81 bits per heavy atom. The largest absolute Gasteiger partial charge is 0.352 e. The fourth-order valence-corrected chi connectivity index (χ4v) is 2.66. The van der Waals surface area contributed by atoms with E-state index in [2.05, 4.69) is 29.0 Å². The van der Waals surface area contributed by atoms with Crippen LogP contribution >= 0.6 is 0 Å². The Hall–Kier alpha value is -0.650. The van der Waals surface area contributed by atoms with Gasteiger partial charge in [-0.3, -0.25) is 9.69 Å². The lowest BCUT2D eigenvalue weighted by Gasteiger charge is -2.37. The van der Waals surface area contributed by atoms with Crippen LogP contribution in [0.25, 0.3) is 0 Å². The highest BCUT2D eigenvalue weighted by Crippen LogP contribution is 2.08. The Morgan fingerprint density at radius 3 is 2.38 bits per heavy atom. The van der Waals surface area contributed by atoms with Crippen molar-refractivity contribution in [1.82, 2.24) is 15.1 Å². The van der Waals surface area contributed by atoms with Gasteiger partial charge in [0.2, 0.25) is 5.91 Å². The molecule has 21 heavy (non-hydrogen) atoms.